The number of anilines is 1. The van der Waals surface area contributed by atoms with Crippen LogP contribution in [0, 0.1) is 6.92 Å². The number of hydrogen-bond donors (Lipinski definition) is 1. The monoisotopic (exact) mass is 307 g/mol. The average molecular weight is 307 g/mol. The highest BCUT2D eigenvalue weighted by atomic mass is 32.2. The highest BCUT2D eigenvalue weighted by Gasteiger charge is 2.40. The Bertz CT molecular complexity index is 532. The van der Waals surface area contributed by atoms with Crippen molar-refractivity contribution in [2.24, 2.45) is 0 Å². The van der Waals surface area contributed by atoms with Crippen LogP contribution in [-0.2, 0) is 15.5 Å². The van der Waals surface area contributed by atoms with E-state index in [0.29, 0.717) is 0 Å². The zero-order valence-corrected chi connectivity index (χ0v) is 13.6. The van der Waals surface area contributed by atoms with Gasteiger partial charge in [0.2, 0.25) is 0 Å². The van der Waals surface area contributed by atoms with Crippen molar-refractivity contribution in [3.8, 4) is 0 Å². The van der Waals surface area contributed by atoms with Gasteiger partial charge >= 0.3 is 0 Å². The molecule has 2 fully saturated rings. The van der Waals surface area contributed by atoms with Crippen LogP contribution in [0.1, 0.15) is 50.5 Å². The predicted octanol–water partition coefficient (Wildman–Crippen LogP) is 3.57. The Morgan fingerprint density at radius 2 is 2.05 bits per heavy atom. The molecule has 21 heavy (non-hydrogen) atoms. The number of nitrogen functional groups attached to an aromatic ring is 1. The Hall–Kier alpha value is -0.870. The van der Waals surface area contributed by atoms with Crippen molar-refractivity contribution < 1.29 is 8.95 Å². The van der Waals surface area contributed by atoms with E-state index in [1.165, 1.54) is 19.3 Å². The average Bonchev–Trinajstić information content (AvgIpc) is 2.47. The van der Waals surface area contributed by atoms with Gasteiger partial charge in [0.15, 0.2) is 0 Å². The van der Waals surface area contributed by atoms with Crippen LogP contribution in [0.5, 0.6) is 0 Å². The van der Waals surface area contributed by atoms with Crippen LogP contribution < -0.4 is 5.73 Å². The molecule has 116 valence electrons. The lowest BCUT2D eigenvalue weighted by Gasteiger charge is -2.43. The molecule has 2 aliphatic rings. The van der Waals surface area contributed by atoms with E-state index in [4.69, 9.17) is 10.5 Å². The fourth-order valence-corrected chi connectivity index (χ4v) is 5.49. The van der Waals surface area contributed by atoms with Crippen molar-refractivity contribution in [1.29, 1.82) is 0 Å². The van der Waals surface area contributed by atoms with Crippen LogP contribution in [0.15, 0.2) is 23.1 Å². The minimum Gasteiger partial charge on any atom is -0.399 e. The molecule has 2 atom stereocenters. The molecule has 4 heteroatoms. The molecule has 1 saturated carbocycles. The molecule has 1 aromatic carbocycles. The highest BCUT2D eigenvalue weighted by molar-refractivity contribution is 7.85. The highest BCUT2D eigenvalue weighted by Crippen LogP contribution is 2.40. The molecular formula is C17H25NO2S. The smallest absolute Gasteiger partial charge is 0.0694 e. The second kappa shape index (κ2) is 6.09. The Morgan fingerprint density at radius 1 is 1.29 bits per heavy atom. The summed E-state index contributed by atoms with van der Waals surface area (Å²) in [5.74, 6) is 0. The molecule has 2 N–H and O–H groups in total. The molecule has 0 aromatic heterocycles. The normalized spacial score (nSPS) is 26.6. The lowest BCUT2D eigenvalue weighted by molar-refractivity contribution is -0.0975. The van der Waals surface area contributed by atoms with Gasteiger partial charge in [0, 0.05) is 22.4 Å². The zero-order valence-electron chi connectivity index (χ0n) is 12.8. The van der Waals surface area contributed by atoms with Crippen LogP contribution in [0.25, 0.3) is 0 Å². The van der Waals surface area contributed by atoms with Gasteiger partial charge in [-0.05, 0) is 56.4 Å². The molecule has 1 aliphatic carbocycles. The molecule has 1 spiro atoms. The van der Waals surface area contributed by atoms with Crippen LogP contribution in [0.4, 0.5) is 5.69 Å². The summed E-state index contributed by atoms with van der Waals surface area (Å²) in [6, 6.07) is 5.71. The summed E-state index contributed by atoms with van der Waals surface area (Å²) < 4.78 is 19.1. The van der Waals surface area contributed by atoms with E-state index < -0.39 is 10.8 Å². The predicted molar refractivity (Wildman–Crippen MR) is 86.8 cm³/mol. The molecule has 1 aliphatic heterocycles. The van der Waals surface area contributed by atoms with Crippen molar-refractivity contribution in [1.82, 2.24) is 0 Å². The second-order valence-electron chi connectivity index (χ2n) is 6.53. The quantitative estimate of drug-likeness (QED) is 0.850. The van der Waals surface area contributed by atoms with E-state index in [1.54, 1.807) is 0 Å². The third kappa shape index (κ3) is 3.16. The van der Waals surface area contributed by atoms with E-state index in [1.807, 2.05) is 25.1 Å². The molecule has 0 bridgehead atoms. The summed E-state index contributed by atoms with van der Waals surface area (Å²) in [5.41, 5.74) is 7.59. The fraction of sp³-hybridized carbons (Fsp3) is 0.647. The van der Waals surface area contributed by atoms with Gasteiger partial charge in [-0.3, -0.25) is 4.21 Å². The number of benzene rings is 1. The van der Waals surface area contributed by atoms with Gasteiger partial charge in [0.25, 0.3) is 0 Å². The van der Waals surface area contributed by atoms with Crippen molar-refractivity contribution in [3.63, 3.8) is 0 Å². The molecule has 1 aromatic rings. The van der Waals surface area contributed by atoms with Gasteiger partial charge in [-0.1, -0.05) is 19.3 Å². The van der Waals surface area contributed by atoms with Crippen molar-refractivity contribution in [2.45, 2.75) is 67.6 Å². The summed E-state index contributed by atoms with van der Waals surface area (Å²) in [5, 5.41) is 0.221. The molecule has 3 rings (SSSR count). The van der Waals surface area contributed by atoms with Gasteiger partial charge in [-0.15, -0.1) is 0 Å². The van der Waals surface area contributed by atoms with E-state index in [0.717, 1.165) is 48.4 Å². The van der Waals surface area contributed by atoms with E-state index in [9.17, 15) is 4.21 Å². The minimum absolute atomic E-state index is 0.0124. The van der Waals surface area contributed by atoms with Gasteiger partial charge in [-0.2, -0.15) is 0 Å². The Balaban J connectivity index is 1.77. The maximum atomic E-state index is 13.0. The lowest BCUT2D eigenvalue weighted by Crippen LogP contribution is -2.44. The molecule has 0 amide bonds. The number of hydrogen-bond acceptors (Lipinski definition) is 3. The molecule has 0 radical (unpaired) electrons. The van der Waals surface area contributed by atoms with Crippen LogP contribution in [0.3, 0.4) is 0 Å². The molecule has 2 unspecified atom stereocenters. The summed E-state index contributed by atoms with van der Waals surface area (Å²) in [6.45, 7) is 2.75. The topological polar surface area (TPSA) is 52.3 Å². The van der Waals surface area contributed by atoms with Gasteiger partial charge in [0.1, 0.15) is 0 Å². The SMILES string of the molecule is Cc1cc(N)ccc1S(=O)C1CCOC2(CCCCC2)C1. The first kappa shape index (κ1) is 15.0. The third-order valence-corrected chi connectivity index (χ3v) is 6.83. The first-order chi connectivity index (χ1) is 10.1. The Kier molecular flexibility index (Phi) is 4.36. The van der Waals surface area contributed by atoms with Crippen LogP contribution >= 0.6 is 0 Å². The van der Waals surface area contributed by atoms with Gasteiger partial charge < -0.3 is 10.5 Å². The molecular weight excluding hydrogens is 282 g/mol. The first-order valence-corrected chi connectivity index (χ1v) is 9.22. The molecule has 1 heterocycles. The Morgan fingerprint density at radius 3 is 2.76 bits per heavy atom. The zero-order chi connectivity index (χ0) is 14.9. The van der Waals surface area contributed by atoms with Crippen molar-refractivity contribution in [2.75, 3.05) is 12.3 Å². The first-order valence-electron chi connectivity index (χ1n) is 8.00. The maximum absolute atomic E-state index is 13.0. The summed E-state index contributed by atoms with van der Waals surface area (Å²) in [4.78, 5) is 0.946. The molecule has 1 saturated heterocycles. The molecule has 3 nitrogen and oxygen atoms in total. The summed E-state index contributed by atoms with van der Waals surface area (Å²) in [6.07, 6.45) is 7.95. The number of ether oxygens (including phenoxy) is 1. The standard InChI is InChI=1S/C17H25NO2S/c1-13-11-14(18)5-6-16(13)21(19)15-7-10-20-17(12-15)8-3-2-4-9-17/h5-6,11,15H,2-4,7-10,12,18H2,1H3. The van der Waals surface area contributed by atoms with Crippen LogP contribution in [-0.4, -0.2) is 21.7 Å². The van der Waals surface area contributed by atoms with Crippen molar-refractivity contribution in [3.05, 3.63) is 23.8 Å². The van der Waals surface area contributed by atoms with E-state index >= 15 is 0 Å². The third-order valence-electron chi connectivity index (χ3n) is 4.93. The van der Waals surface area contributed by atoms with Crippen molar-refractivity contribution >= 4 is 16.5 Å². The minimum atomic E-state index is -0.953. The second-order valence-corrected chi connectivity index (χ2v) is 8.23. The van der Waals surface area contributed by atoms with Gasteiger partial charge in [0.05, 0.1) is 16.4 Å². The number of aryl methyl sites for hydroxylation is 1. The maximum Gasteiger partial charge on any atom is 0.0694 e. The number of rotatable bonds is 2. The Labute approximate surface area is 129 Å². The fourth-order valence-electron chi connectivity index (χ4n) is 3.79. The summed E-state index contributed by atoms with van der Waals surface area (Å²) in [7, 11) is -0.953. The summed E-state index contributed by atoms with van der Waals surface area (Å²) >= 11 is 0. The number of nitrogens with two attached hydrogens (primary N) is 1. The van der Waals surface area contributed by atoms with E-state index in [2.05, 4.69) is 0 Å². The largest absolute Gasteiger partial charge is 0.399 e. The van der Waals surface area contributed by atoms with Gasteiger partial charge in [-0.25, -0.2) is 0 Å². The van der Waals surface area contributed by atoms with E-state index in [-0.39, 0.29) is 10.9 Å². The van der Waals surface area contributed by atoms with Crippen LogP contribution in [0.2, 0.25) is 0 Å². The lowest BCUT2D eigenvalue weighted by atomic mass is 9.80.